The first-order valence-corrected chi connectivity index (χ1v) is 7.45. The highest BCUT2D eigenvalue weighted by molar-refractivity contribution is 5.77. The monoisotopic (exact) mass is 274 g/mol. The fourth-order valence-electron chi connectivity index (χ4n) is 2.83. The van der Waals surface area contributed by atoms with E-state index >= 15 is 0 Å². The van der Waals surface area contributed by atoms with E-state index < -0.39 is 0 Å². The number of hydrogen-bond donors (Lipinski definition) is 2. The van der Waals surface area contributed by atoms with E-state index in [1.807, 2.05) is 0 Å². The molecule has 0 unspecified atom stereocenters. The van der Waals surface area contributed by atoms with Crippen molar-refractivity contribution >= 4 is 5.91 Å². The fourth-order valence-corrected chi connectivity index (χ4v) is 2.83. The second-order valence-corrected chi connectivity index (χ2v) is 6.94. The van der Waals surface area contributed by atoms with Gasteiger partial charge in [-0.15, -0.1) is 0 Å². The summed E-state index contributed by atoms with van der Waals surface area (Å²) >= 11 is 0. The number of nitrogens with two attached hydrogens (primary N) is 1. The molecule has 1 aliphatic rings. The summed E-state index contributed by atoms with van der Waals surface area (Å²) in [5, 5.41) is 2.95. The molecular weight excluding hydrogens is 248 g/mol. The number of carbonyl (C=O) groups is 1. The standard InChI is InChI=1S/C17H26N2O/c1-16(2,3)13-5-7-14(8-6-13)17(9-4-10-17)12-19-15(20)11-18/h5-8H,4,9-12,18H2,1-3H3,(H,19,20). The number of amides is 1. The Morgan fingerprint density at radius 3 is 2.25 bits per heavy atom. The van der Waals surface area contributed by atoms with Crippen molar-refractivity contribution < 1.29 is 4.79 Å². The summed E-state index contributed by atoms with van der Waals surface area (Å²) < 4.78 is 0. The minimum atomic E-state index is -0.0670. The largest absolute Gasteiger partial charge is 0.354 e. The maximum atomic E-state index is 11.4. The van der Waals surface area contributed by atoms with Crippen molar-refractivity contribution in [3.05, 3.63) is 35.4 Å². The third-order valence-electron chi connectivity index (χ3n) is 4.48. The lowest BCUT2D eigenvalue weighted by atomic mass is 9.64. The van der Waals surface area contributed by atoms with Gasteiger partial charge >= 0.3 is 0 Å². The van der Waals surface area contributed by atoms with Gasteiger partial charge in [-0.3, -0.25) is 4.79 Å². The highest BCUT2D eigenvalue weighted by Gasteiger charge is 2.38. The van der Waals surface area contributed by atoms with Crippen LogP contribution in [-0.2, 0) is 15.6 Å². The van der Waals surface area contributed by atoms with E-state index in [1.54, 1.807) is 0 Å². The summed E-state index contributed by atoms with van der Waals surface area (Å²) in [4.78, 5) is 11.4. The molecule has 0 aromatic heterocycles. The van der Waals surface area contributed by atoms with Crippen molar-refractivity contribution in [2.75, 3.05) is 13.1 Å². The van der Waals surface area contributed by atoms with Crippen molar-refractivity contribution in [2.45, 2.75) is 50.9 Å². The lowest BCUT2D eigenvalue weighted by Gasteiger charge is -2.43. The molecule has 0 aliphatic heterocycles. The SMILES string of the molecule is CC(C)(C)c1ccc(C2(CNC(=O)CN)CCC2)cc1. The quantitative estimate of drug-likeness (QED) is 0.886. The van der Waals surface area contributed by atoms with Crippen molar-refractivity contribution in [1.29, 1.82) is 0 Å². The van der Waals surface area contributed by atoms with Crippen LogP contribution in [0.15, 0.2) is 24.3 Å². The summed E-state index contributed by atoms with van der Waals surface area (Å²) in [7, 11) is 0. The second-order valence-electron chi connectivity index (χ2n) is 6.94. The van der Waals surface area contributed by atoms with Gasteiger partial charge in [-0.2, -0.15) is 0 Å². The van der Waals surface area contributed by atoms with Crippen LogP contribution in [0, 0.1) is 0 Å². The van der Waals surface area contributed by atoms with Gasteiger partial charge in [0.15, 0.2) is 0 Å². The van der Waals surface area contributed by atoms with Gasteiger partial charge in [-0.25, -0.2) is 0 Å². The molecule has 20 heavy (non-hydrogen) atoms. The van der Waals surface area contributed by atoms with Crippen LogP contribution >= 0.6 is 0 Å². The minimum Gasteiger partial charge on any atom is -0.354 e. The number of nitrogens with one attached hydrogen (secondary N) is 1. The van der Waals surface area contributed by atoms with Gasteiger partial charge in [0.1, 0.15) is 0 Å². The van der Waals surface area contributed by atoms with Gasteiger partial charge in [-0.1, -0.05) is 51.5 Å². The molecule has 1 aromatic rings. The first-order valence-electron chi connectivity index (χ1n) is 7.45. The van der Waals surface area contributed by atoms with E-state index in [0.717, 1.165) is 12.8 Å². The molecule has 0 atom stereocenters. The molecule has 1 aliphatic carbocycles. The molecule has 0 radical (unpaired) electrons. The summed E-state index contributed by atoms with van der Waals surface area (Å²) in [5.74, 6) is -0.0670. The van der Waals surface area contributed by atoms with E-state index in [1.165, 1.54) is 17.5 Å². The molecule has 3 nitrogen and oxygen atoms in total. The average Bonchev–Trinajstić information content (AvgIpc) is 2.36. The molecule has 1 aromatic carbocycles. The number of rotatable bonds is 4. The van der Waals surface area contributed by atoms with Crippen molar-refractivity contribution in [1.82, 2.24) is 5.32 Å². The lowest BCUT2D eigenvalue weighted by molar-refractivity contribution is -0.120. The third kappa shape index (κ3) is 3.04. The first kappa shape index (κ1) is 15.0. The van der Waals surface area contributed by atoms with E-state index in [4.69, 9.17) is 5.73 Å². The highest BCUT2D eigenvalue weighted by Crippen LogP contribution is 2.43. The van der Waals surface area contributed by atoms with Crippen molar-refractivity contribution in [3.63, 3.8) is 0 Å². The Morgan fingerprint density at radius 1 is 1.25 bits per heavy atom. The van der Waals surface area contributed by atoms with Crippen molar-refractivity contribution in [2.24, 2.45) is 5.73 Å². The summed E-state index contributed by atoms with van der Waals surface area (Å²) in [6.07, 6.45) is 3.53. The maximum absolute atomic E-state index is 11.4. The van der Waals surface area contributed by atoms with E-state index in [2.05, 4.69) is 50.4 Å². The molecule has 3 N–H and O–H groups in total. The molecule has 1 fully saturated rings. The molecular formula is C17H26N2O. The lowest BCUT2D eigenvalue weighted by Crippen LogP contribution is -2.46. The average molecular weight is 274 g/mol. The van der Waals surface area contributed by atoms with E-state index in [0.29, 0.717) is 6.54 Å². The number of hydrogen-bond acceptors (Lipinski definition) is 2. The van der Waals surface area contributed by atoms with E-state index in [9.17, 15) is 4.79 Å². The van der Waals surface area contributed by atoms with Crippen LogP contribution < -0.4 is 11.1 Å². The Kier molecular flexibility index (Phi) is 4.19. The summed E-state index contributed by atoms with van der Waals surface area (Å²) in [6, 6.07) is 8.91. The Labute approximate surface area is 121 Å². The van der Waals surface area contributed by atoms with Crippen molar-refractivity contribution in [3.8, 4) is 0 Å². The zero-order valence-corrected chi connectivity index (χ0v) is 12.8. The third-order valence-corrected chi connectivity index (χ3v) is 4.48. The van der Waals surface area contributed by atoms with Crippen LogP contribution in [0.4, 0.5) is 0 Å². The molecule has 2 rings (SSSR count). The van der Waals surface area contributed by atoms with Gasteiger partial charge in [0.2, 0.25) is 5.91 Å². The maximum Gasteiger partial charge on any atom is 0.233 e. The van der Waals surface area contributed by atoms with E-state index in [-0.39, 0.29) is 23.3 Å². The molecule has 0 spiro atoms. The normalized spacial score (nSPS) is 17.4. The Bertz CT molecular complexity index is 467. The first-order chi connectivity index (χ1) is 9.37. The number of benzene rings is 1. The fraction of sp³-hybridized carbons (Fsp3) is 0.588. The molecule has 110 valence electrons. The molecule has 1 amide bonds. The zero-order valence-electron chi connectivity index (χ0n) is 12.8. The van der Waals surface area contributed by atoms with Gasteiger partial charge in [0.05, 0.1) is 6.54 Å². The Balaban J connectivity index is 2.13. The highest BCUT2D eigenvalue weighted by atomic mass is 16.1. The van der Waals surface area contributed by atoms with Gasteiger partial charge in [0.25, 0.3) is 0 Å². The Hall–Kier alpha value is -1.35. The van der Waals surface area contributed by atoms with Gasteiger partial charge in [-0.05, 0) is 29.4 Å². The van der Waals surface area contributed by atoms with Crippen LogP contribution in [0.1, 0.15) is 51.2 Å². The van der Waals surface area contributed by atoms with Crippen LogP contribution in [0.2, 0.25) is 0 Å². The minimum absolute atomic E-state index is 0.0670. The number of carbonyl (C=O) groups excluding carboxylic acids is 1. The van der Waals surface area contributed by atoms with Crippen LogP contribution in [0.25, 0.3) is 0 Å². The smallest absolute Gasteiger partial charge is 0.233 e. The predicted octanol–water partition coefficient (Wildman–Crippen LogP) is 2.48. The Morgan fingerprint density at radius 2 is 1.85 bits per heavy atom. The predicted molar refractivity (Wildman–Crippen MR) is 82.7 cm³/mol. The molecule has 3 heteroatoms. The second kappa shape index (κ2) is 5.57. The summed E-state index contributed by atoms with van der Waals surface area (Å²) in [5.41, 5.74) is 8.35. The van der Waals surface area contributed by atoms with Crippen LogP contribution in [0.3, 0.4) is 0 Å². The molecule has 0 heterocycles. The molecule has 1 saturated carbocycles. The van der Waals surface area contributed by atoms with Crippen LogP contribution in [-0.4, -0.2) is 19.0 Å². The molecule has 0 saturated heterocycles. The van der Waals surface area contributed by atoms with Gasteiger partial charge < -0.3 is 11.1 Å². The summed E-state index contributed by atoms with van der Waals surface area (Å²) in [6.45, 7) is 7.45. The molecule has 0 bridgehead atoms. The van der Waals surface area contributed by atoms with Crippen LogP contribution in [0.5, 0.6) is 0 Å². The topological polar surface area (TPSA) is 55.1 Å². The zero-order chi connectivity index (χ0) is 14.8. The van der Waals surface area contributed by atoms with Gasteiger partial charge in [0, 0.05) is 12.0 Å².